The minimum Gasteiger partial charge on any atom is -0.453 e. The molecule has 1 saturated heterocycles. The number of aromatic nitrogens is 1. The van der Waals surface area contributed by atoms with Crippen molar-refractivity contribution in [1.29, 1.82) is 0 Å². The normalized spacial score (nSPS) is 21.3. The molecule has 2 aromatic carbocycles. The molecule has 0 radical (unpaired) electrons. The number of hydrogen-bond acceptors (Lipinski definition) is 6. The molecule has 0 aliphatic carbocycles. The highest BCUT2D eigenvalue weighted by Gasteiger charge is 2.48. The van der Waals surface area contributed by atoms with E-state index in [1.807, 2.05) is 6.92 Å². The molecule has 35 heavy (non-hydrogen) atoms. The standard InChI is InChI=1S/C27H21F2N3O3/c1-26(14-33-15-26)7-6-16-11-20-23(21(28)12-16)34-22-5-4-17(18-3-2-9-31-24(18)29)13-19(22)27(20)8-10-32-25(30)35-27/h2-5,9,11-13H,8,10,14-15H2,1H3,(H2,30,32)/t27-/m0/s1. The fourth-order valence-electron chi connectivity index (χ4n) is 4.70. The fourth-order valence-corrected chi connectivity index (χ4v) is 4.70. The van der Waals surface area contributed by atoms with Gasteiger partial charge in [-0.25, -0.2) is 14.4 Å². The molecule has 0 unspecified atom stereocenters. The van der Waals surface area contributed by atoms with Crippen LogP contribution in [0.3, 0.4) is 0 Å². The molecule has 3 aliphatic heterocycles. The van der Waals surface area contributed by atoms with E-state index < -0.39 is 17.4 Å². The topological polar surface area (TPSA) is 79.0 Å². The number of amidine groups is 1. The largest absolute Gasteiger partial charge is 0.453 e. The Balaban J connectivity index is 1.53. The summed E-state index contributed by atoms with van der Waals surface area (Å²) in [5.41, 5.74) is 7.06. The monoisotopic (exact) mass is 473 g/mol. The van der Waals surface area contributed by atoms with Crippen LogP contribution in [0.15, 0.2) is 53.7 Å². The van der Waals surface area contributed by atoms with Gasteiger partial charge in [-0.05, 0) is 48.9 Å². The third kappa shape index (κ3) is 3.51. The third-order valence-electron chi connectivity index (χ3n) is 6.54. The predicted molar refractivity (Wildman–Crippen MR) is 125 cm³/mol. The molecule has 1 atom stereocenters. The van der Waals surface area contributed by atoms with Crippen molar-refractivity contribution < 1.29 is 23.0 Å². The molecular weight excluding hydrogens is 452 g/mol. The maximum Gasteiger partial charge on any atom is 0.283 e. The van der Waals surface area contributed by atoms with E-state index in [1.54, 1.807) is 36.4 Å². The molecule has 4 heterocycles. The Labute approximate surface area is 200 Å². The smallest absolute Gasteiger partial charge is 0.283 e. The zero-order valence-corrected chi connectivity index (χ0v) is 18.9. The quantitative estimate of drug-likeness (QED) is 0.416. The van der Waals surface area contributed by atoms with Crippen LogP contribution >= 0.6 is 0 Å². The van der Waals surface area contributed by atoms with Crippen molar-refractivity contribution in [1.82, 2.24) is 4.98 Å². The number of nitrogens with two attached hydrogens (primary N) is 1. The van der Waals surface area contributed by atoms with Gasteiger partial charge in [0.2, 0.25) is 5.95 Å². The van der Waals surface area contributed by atoms with Crippen molar-refractivity contribution in [3.8, 4) is 34.5 Å². The van der Waals surface area contributed by atoms with Crippen LogP contribution in [0.25, 0.3) is 11.1 Å². The lowest BCUT2D eigenvalue weighted by Gasteiger charge is -2.41. The van der Waals surface area contributed by atoms with Crippen LogP contribution in [0.2, 0.25) is 0 Å². The van der Waals surface area contributed by atoms with Crippen molar-refractivity contribution in [3.05, 3.63) is 77.1 Å². The van der Waals surface area contributed by atoms with Gasteiger partial charge in [0.25, 0.3) is 6.02 Å². The summed E-state index contributed by atoms with van der Waals surface area (Å²) in [6.45, 7) is 3.44. The summed E-state index contributed by atoms with van der Waals surface area (Å²) in [6, 6.07) is 11.6. The van der Waals surface area contributed by atoms with Gasteiger partial charge in [0.05, 0.1) is 18.6 Å². The number of fused-ring (bicyclic) bond motifs is 4. The first-order valence-electron chi connectivity index (χ1n) is 11.2. The number of hydrogen-bond donors (Lipinski definition) is 1. The zero-order valence-electron chi connectivity index (χ0n) is 18.9. The molecule has 0 bridgehead atoms. The second kappa shape index (κ2) is 7.79. The van der Waals surface area contributed by atoms with Gasteiger partial charge >= 0.3 is 0 Å². The second-order valence-corrected chi connectivity index (χ2v) is 9.19. The number of aliphatic imine (C=N–C) groups is 1. The lowest BCUT2D eigenvalue weighted by molar-refractivity contribution is -0.0648. The molecule has 8 heteroatoms. The van der Waals surface area contributed by atoms with Gasteiger partial charge in [-0.15, -0.1) is 0 Å². The van der Waals surface area contributed by atoms with Crippen LogP contribution in [0, 0.1) is 29.0 Å². The highest BCUT2D eigenvalue weighted by molar-refractivity contribution is 5.76. The number of benzene rings is 2. The van der Waals surface area contributed by atoms with E-state index in [0.29, 0.717) is 59.7 Å². The minimum absolute atomic E-state index is 0.0102. The summed E-state index contributed by atoms with van der Waals surface area (Å²) in [5, 5.41) is 0. The number of ether oxygens (including phenoxy) is 3. The molecule has 6 rings (SSSR count). The first kappa shape index (κ1) is 21.6. The molecule has 1 aromatic heterocycles. The molecule has 1 spiro atoms. The Morgan fingerprint density at radius 1 is 1.09 bits per heavy atom. The number of rotatable bonds is 1. The Bertz CT molecular complexity index is 1460. The molecule has 176 valence electrons. The summed E-state index contributed by atoms with van der Waals surface area (Å²) in [7, 11) is 0. The van der Waals surface area contributed by atoms with Gasteiger partial charge in [-0.2, -0.15) is 4.39 Å². The van der Waals surface area contributed by atoms with Gasteiger partial charge in [0, 0.05) is 41.4 Å². The van der Waals surface area contributed by atoms with E-state index in [2.05, 4.69) is 21.8 Å². The predicted octanol–water partition coefficient (Wildman–Crippen LogP) is 4.50. The van der Waals surface area contributed by atoms with Gasteiger partial charge < -0.3 is 19.9 Å². The molecular formula is C27H21F2N3O3. The van der Waals surface area contributed by atoms with Crippen molar-refractivity contribution >= 4 is 6.02 Å². The van der Waals surface area contributed by atoms with Crippen LogP contribution in [0.4, 0.5) is 8.78 Å². The van der Waals surface area contributed by atoms with Crippen LogP contribution in [-0.2, 0) is 15.1 Å². The average Bonchev–Trinajstić information content (AvgIpc) is 2.83. The van der Waals surface area contributed by atoms with E-state index in [0.717, 1.165) is 0 Å². The summed E-state index contributed by atoms with van der Waals surface area (Å²) >= 11 is 0. The third-order valence-corrected chi connectivity index (χ3v) is 6.54. The first-order chi connectivity index (χ1) is 16.9. The molecule has 6 nitrogen and oxygen atoms in total. The molecule has 0 amide bonds. The number of pyridine rings is 1. The number of nitrogens with zero attached hydrogens (tertiary/aromatic N) is 2. The second-order valence-electron chi connectivity index (χ2n) is 9.19. The molecule has 2 N–H and O–H groups in total. The number of halogens is 2. The lowest BCUT2D eigenvalue weighted by Crippen LogP contribution is -2.42. The SMILES string of the molecule is CC1(C#Cc2cc(F)c3c(c2)[C@]2(CCN=C(N)O2)c2cc(-c4cccnc4F)ccc2O3)COC1. The van der Waals surface area contributed by atoms with Crippen molar-refractivity contribution in [2.75, 3.05) is 19.8 Å². The Morgan fingerprint density at radius 3 is 2.69 bits per heavy atom. The summed E-state index contributed by atoms with van der Waals surface area (Å²) < 4.78 is 47.3. The van der Waals surface area contributed by atoms with Crippen molar-refractivity contribution in [2.45, 2.75) is 18.9 Å². The molecule has 3 aliphatic rings. The van der Waals surface area contributed by atoms with Gasteiger partial charge in [0.15, 0.2) is 17.2 Å². The highest BCUT2D eigenvalue weighted by atomic mass is 19.1. The van der Waals surface area contributed by atoms with Crippen LogP contribution in [-0.4, -0.2) is 30.8 Å². The van der Waals surface area contributed by atoms with Crippen LogP contribution < -0.4 is 10.5 Å². The van der Waals surface area contributed by atoms with E-state index in [9.17, 15) is 4.39 Å². The lowest BCUT2D eigenvalue weighted by atomic mass is 9.78. The Kier molecular flexibility index (Phi) is 4.80. The van der Waals surface area contributed by atoms with Crippen LogP contribution in [0.5, 0.6) is 11.5 Å². The molecule has 3 aromatic rings. The maximum absolute atomic E-state index is 15.4. The van der Waals surface area contributed by atoms with Crippen molar-refractivity contribution in [3.63, 3.8) is 0 Å². The summed E-state index contributed by atoms with van der Waals surface area (Å²) in [4.78, 5) is 7.93. The fraction of sp³-hybridized carbons (Fsp3) is 0.259. The first-order valence-corrected chi connectivity index (χ1v) is 11.2. The zero-order chi connectivity index (χ0) is 24.2. The van der Waals surface area contributed by atoms with E-state index in [4.69, 9.17) is 19.9 Å². The molecule has 0 saturated carbocycles. The van der Waals surface area contributed by atoms with E-state index in [-0.39, 0.29) is 17.2 Å². The minimum atomic E-state index is -1.18. The van der Waals surface area contributed by atoms with Gasteiger partial charge in [0.1, 0.15) is 5.75 Å². The summed E-state index contributed by atoms with van der Waals surface area (Å²) in [5.74, 6) is 5.56. The van der Waals surface area contributed by atoms with Gasteiger partial charge in [-0.1, -0.05) is 17.9 Å². The Hall–Kier alpha value is -3.96. The van der Waals surface area contributed by atoms with Crippen LogP contribution in [0.1, 0.15) is 30.0 Å². The van der Waals surface area contributed by atoms with Gasteiger partial charge in [-0.3, -0.25) is 0 Å². The van der Waals surface area contributed by atoms with E-state index >= 15 is 4.39 Å². The van der Waals surface area contributed by atoms with E-state index in [1.165, 1.54) is 12.3 Å². The summed E-state index contributed by atoms with van der Waals surface area (Å²) in [6.07, 6.45) is 1.78. The molecule has 1 fully saturated rings. The van der Waals surface area contributed by atoms with Crippen molar-refractivity contribution in [2.24, 2.45) is 16.1 Å². The highest BCUT2D eigenvalue weighted by Crippen LogP contribution is 2.53. The maximum atomic E-state index is 15.4. The average molecular weight is 473 g/mol. The Morgan fingerprint density at radius 2 is 1.94 bits per heavy atom.